The molecule has 9 heteroatoms. The Labute approximate surface area is 168 Å². The van der Waals surface area contributed by atoms with Crippen LogP contribution in [-0.2, 0) is 30.9 Å². The van der Waals surface area contributed by atoms with Crippen LogP contribution in [0.1, 0.15) is 11.1 Å². The van der Waals surface area contributed by atoms with Gasteiger partial charge in [-0.2, -0.15) is 0 Å². The first-order chi connectivity index (χ1) is 13.3. The van der Waals surface area contributed by atoms with E-state index in [1.54, 1.807) is 48.5 Å². The number of hydrogen-bond donors (Lipinski definition) is 2. The molecule has 0 heterocycles. The van der Waals surface area contributed by atoms with Gasteiger partial charge in [-0.25, -0.2) is 13.1 Å². The van der Waals surface area contributed by atoms with Gasteiger partial charge in [0.15, 0.2) is 6.61 Å². The second kappa shape index (κ2) is 10.6. The molecular formula is C19H19ClN2O5S. The van der Waals surface area contributed by atoms with Gasteiger partial charge < -0.3 is 10.1 Å². The van der Waals surface area contributed by atoms with Gasteiger partial charge in [0, 0.05) is 17.0 Å². The Kier molecular flexibility index (Phi) is 8.19. The lowest BCUT2D eigenvalue weighted by atomic mass is 10.2. The molecule has 2 N–H and O–H groups in total. The number of ether oxygens (including phenoxy) is 1. The quantitative estimate of drug-likeness (QED) is 0.602. The first-order valence-corrected chi connectivity index (χ1v) is 10.2. The van der Waals surface area contributed by atoms with E-state index in [2.05, 4.69) is 10.0 Å². The normalized spacial score (nSPS) is 11.3. The number of esters is 1. The fourth-order valence-electron chi connectivity index (χ4n) is 1.99. The standard InChI is InChI=1S/C19H19ClN2O5S/c20-17-8-6-16(7-9-17)12-21-18(23)14-27-19(24)13-22-28(25,26)11-10-15-4-2-1-3-5-15/h1-11,22H,12-14H2,(H,21,23)/b11-10+. The van der Waals surface area contributed by atoms with Crippen LogP contribution in [0.5, 0.6) is 0 Å². The predicted octanol–water partition coefficient (Wildman–Crippen LogP) is 2.09. The molecule has 0 radical (unpaired) electrons. The zero-order chi connectivity index (χ0) is 20.4. The molecule has 148 valence electrons. The summed E-state index contributed by atoms with van der Waals surface area (Å²) in [5.41, 5.74) is 1.54. The molecule has 0 bridgehead atoms. The van der Waals surface area contributed by atoms with Gasteiger partial charge in [0.2, 0.25) is 10.0 Å². The largest absolute Gasteiger partial charge is 0.455 e. The molecule has 7 nitrogen and oxygen atoms in total. The number of carbonyl (C=O) groups is 2. The predicted molar refractivity (Wildman–Crippen MR) is 107 cm³/mol. The Morgan fingerprint density at radius 1 is 1.04 bits per heavy atom. The number of carbonyl (C=O) groups excluding carboxylic acids is 2. The van der Waals surface area contributed by atoms with Gasteiger partial charge >= 0.3 is 5.97 Å². The van der Waals surface area contributed by atoms with Gasteiger partial charge in [0.25, 0.3) is 5.91 Å². The van der Waals surface area contributed by atoms with E-state index in [0.717, 1.165) is 11.0 Å². The Hall–Kier alpha value is -2.68. The highest BCUT2D eigenvalue weighted by Gasteiger charge is 2.11. The SMILES string of the molecule is O=C(COC(=O)CNS(=O)(=O)/C=C/c1ccccc1)NCc1ccc(Cl)cc1. The van der Waals surface area contributed by atoms with E-state index < -0.39 is 35.1 Å². The van der Waals surface area contributed by atoms with Crippen molar-refractivity contribution in [2.24, 2.45) is 0 Å². The van der Waals surface area contributed by atoms with Crippen molar-refractivity contribution in [3.63, 3.8) is 0 Å². The Bertz CT molecular complexity index is 929. The minimum absolute atomic E-state index is 0.254. The molecule has 28 heavy (non-hydrogen) atoms. The maximum atomic E-state index is 11.8. The van der Waals surface area contributed by atoms with Crippen molar-refractivity contribution >= 4 is 39.6 Å². The first-order valence-electron chi connectivity index (χ1n) is 8.24. The lowest BCUT2D eigenvalue weighted by molar-refractivity contribution is -0.147. The summed E-state index contributed by atoms with van der Waals surface area (Å²) in [6, 6.07) is 15.7. The minimum Gasteiger partial charge on any atom is -0.455 e. The van der Waals surface area contributed by atoms with E-state index in [-0.39, 0.29) is 6.54 Å². The molecule has 0 atom stereocenters. The van der Waals surface area contributed by atoms with Crippen LogP contribution in [-0.4, -0.2) is 33.4 Å². The Morgan fingerprint density at radius 2 is 1.71 bits per heavy atom. The number of hydrogen-bond acceptors (Lipinski definition) is 5. The minimum atomic E-state index is -3.81. The van der Waals surface area contributed by atoms with E-state index in [9.17, 15) is 18.0 Å². The van der Waals surface area contributed by atoms with Crippen LogP contribution >= 0.6 is 11.6 Å². The Balaban J connectivity index is 1.69. The molecule has 0 saturated carbocycles. The molecule has 0 spiro atoms. The third kappa shape index (κ3) is 8.34. The fourth-order valence-corrected chi connectivity index (χ4v) is 2.87. The van der Waals surface area contributed by atoms with E-state index >= 15 is 0 Å². The van der Waals surface area contributed by atoms with Crippen LogP contribution in [0.4, 0.5) is 0 Å². The summed E-state index contributed by atoms with van der Waals surface area (Å²) in [6.45, 7) is -0.829. The third-order valence-corrected chi connectivity index (χ3v) is 4.72. The van der Waals surface area contributed by atoms with Gasteiger partial charge in [0.05, 0.1) is 0 Å². The first kappa shape index (κ1) is 21.6. The van der Waals surface area contributed by atoms with Crippen LogP contribution < -0.4 is 10.0 Å². The lowest BCUT2D eigenvalue weighted by Crippen LogP contribution is -2.33. The summed E-state index contributed by atoms with van der Waals surface area (Å²) in [6.07, 6.45) is 1.40. The second-order valence-corrected chi connectivity index (χ2v) is 7.73. The van der Waals surface area contributed by atoms with Crippen LogP contribution in [0.3, 0.4) is 0 Å². The van der Waals surface area contributed by atoms with Gasteiger partial charge in [-0.15, -0.1) is 0 Å². The highest BCUT2D eigenvalue weighted by molar-refractivity contribution is 7.92. The highest BCUT2D eigenvalue weighted by Crippen LogP contribution is 2.09. The highest BCUT2D eigenvalue weighted by atomic mass is 35.5. The summed E-state index contributed by atoms with van der Waals surface area (Å²) < 4.78 is 30.5. The van der Waals surface area contributed by atoms with Crippen molar-refractivity contribution in [2.75, 3.05) is 13.2 Å². The van der Waals surface area contributed by atoms with Crippen LogP contribution in [0.2, 0.25) is 5.02 Å². The topological polar surface area (TPSA) is 102 Å². The molecule has 0 aromatic heterocycles. The van der Waals surface area contributed by atoms with Crippen molar-refractivity contribution < 1.29 is 22.7 Å². The molecule has 0 aliphatic rings. The van der Waals surface area contributed by atoms with E-state index in [1.807, 2.05) is 6.07 Å². The lowest BCUT2D eigenvalue weighted by Gasteiger charge is -2.07. The molecule has 0 fully saturated rings. The number of sulfonamides is 1. The van der Waals surface area contributed by atoms with Crippen LogP contribution in [0, 0.1) is 0 Å². The summed E-state index contributed by atoms with van der Waals surface area (Å²) >= 11 is 5.77. The molecule has 2 aromatic rings. The monoisotopic (exact) mass is 422 g/mol. The van der Waals surface area contributed by atoms with Gasteiger partial charge in [-0.3, -0.25) is 9.59 Å². The fraction of sp³-hybridized carbons (Fsp3) is 0.158. The van der Waals surface area contributed by atoms with Gasteiger partial charge in [-0.05, 0) is 29.3 Å². The molecule has 1 amide bonds. The van der Waals surface area contributed by atoms with Crippen molar-refractivity contribution in [3.8, 4) is 0 Å². The molecule has 0 aliphatic carbocycles. The third-order valence-electron chi connectivity index (χ3n) is 3.42. The zero-order valence-corrected chi connectivity index (χ0v) is 16.4. The molecule has 0 saturated heterocycles. The van der Waals surface area contributed by atoms with Crippen molar-refractivity contribution in [1.82, 2.24) is 10.0 Å². The number of rotatable bonds is 9. The van der Waals surface area contributed by atoms with E-state index in [0.29, 0.717) is 10.6 Å². The van der Waals surface area contributed by atoms with E-state index in [4.69, 9.17) is 16.3 Å². The number of nitrogens with one attached hydrogen (secondary N) is 2. The maximum absolute atomic E-state index is 11.8. The summed E-state index contributed by atoms with van der Waals surface area (Å²) in [5, 5.41) is 4.12. The summed E-state index contributed by atoms with van der Waals surface area (Å²) in [7, 11) is -3.81. The average Bonchev–Trinajstić information content (AvgIpc) is 2.70. The number of amides is 1. The molecule has 0 unspecified atom stereocenters. The number of benzene rings is 2. The number of halogens is 1. The van der Waals surface area contributed by atoms with Crippen LogP contribution in [0.25, 0.3) is 6.08 Å². The van der Waals surface area contributed by atoms with E-state index in [1.165, 1.54) is 6.08 Å². The average molecular weight is 423 g/mol. The Morgan fingerprint density at radius 3 is 2.39 bits per heavy atom. The molecular weight excluding hydrogens is 404 g/mol. The zero-order valence-electron chi connectivity index (χ0n) is 14.8. The summed E-state index contributed by atoms with van der Waals surface area (Å²) in [5.74, 6) is -1.37. The van der Waals surface area contributed by atoms with Crippen molar-refractivity contribution in [2.45, 2.75) is 6.54 Å². The molecule has 2 rings (SSSR count). The second-order valence-electron chi connectivity index (χ2n) is 5.64. The van der Waals surface area contributed by atoms with Crippen LogP contribution in [0.15, 0.2) is 60.0 Å². The van der Waals surface area contributed by atoms with Crippen molar-refractivity contribution in [3.05, 3.63) is 76.2 Å². The van der Waals surface area contributed by atoms with Gasteiger partial charge in [-0.1, -0.05) is 54.1 Å². The van der Waals surface area contributed by atoms with Gasteiger partial charge in [0.1, 0.15) is 6.54 Å². The molecule has 0 aliphatic heterocycles. The molecule has 2 aromatic carbocycles. The van der Waals surface area contributed by atoms with Crippen molar-refractivity contribution in [1.29, 1.82) is 0 Å². The maximum Gasteiger partial charge on any atom is 0.321 e. The summed E-state index contributed by atoms with van der Waals surface area (Å²) in [4.78, 5) is 23.3. The smallest absolute Gasteiger partial charge is 0.321 e.